The maximum Gasteiger partial charge on any atom is 0.337 e. The molecular weight excluding hydrogens is 373 g/mol. The van der Waals surface area contributed by atoms with E-state index in [-0.39, 0.29) is 16.8 Å². The maximum atomic E-state index is 14.3. The molecular formula is C19H17ClFN3O3. The van der Waals surface area contributed by atoms with Gasteiger partial charge in [-0.05, 0) is 49.7 Å². The molecule has 1 aromatic heterocycles. The molecule has 1 atom stereocenters. The number of rotatable bonds is 4. The number of hydrogen-bond donors (Lipinski definition) is 2. The Morgan fingerprint density at radius 1 is 1.33 bits per heavy atom. The zero-order valence-electron chi connectivity index (χ0n) is 14.9. The van der Waals surface area contributed by atoms with Crippen LogP contribution in [0.1, 0.15) is 34.7 Å². The number of ether oxygens (including phenoxy) is 1. The van der Waals surface area contributed by atoms with Crippen LogP contribution in [-0.4, -0.2) is 23.0 Å². The molecule has 8 heteroatoms. The third-order valence-corrected chi connectivity index (χ3v) is 4.50. The lowest BCUT2D eigenvalue weighted by Crippen LogP contribution is -2.13. The lowest BCUT2D eigenvalue weighted by atomic mass is 10.0. The van der Waals surface area contributed by atoms with Crippen molar-refractivity contribution in [1.29, 1.82) is 0 Å². The lowest BCUT2D eigenvalue weighted by molar-refractivity contribution is 0.0600. The van der Waals surface area contributed by atoms with Crippen molar-refractivity contribution in [2.75, 3.05) is 12.4 Å². The van der Waals surface area contributed by atoms with Crippen molar-refractivity contribution >= 4 is 34.2 Å². The molecule has 0 saturated heterocycles. The fraction of sp³-hybridized carbons (Fsp3) is 0.211. The van der Waals surface area contributed by atoms with Crippen LogP contribution in [0, 0.1) is 12.7 Å². The molecule has 0 aliphatic rings. The molecule has 0 amide bonds. The molecule has 27 heavy (non-hydrogen) atoms. The molecule has 0 saturated carbocycles. The van der Waals surface area contributed by atoms with Crippen LogP contribution in [0.4, 0.5) is 10.1 Å². The summed E-state index contributed by atoms with van der Waals surface area (Å²) < 4.78 is 18.9. The maximum absolute atomic E-state index is 14.3. The fourth-order valence-electron chi connectivity index (χ4n) is 2.81. The summed E-state index contributed by atoms with van der Waals surface area (Å²) in [5.41, 5.74) is 1.16. The number of carbonyl (C=O) groups is 1. The van der Waals surface area contributed by atoms with E-state index in [0.29, 0.717) is 27.3 Å². The van der Waals surface area contributed by atoms with Gasteiger partial charge >= 0.3 is 5.97 Å². The van der Waals surface area contributed by atoms with Crippen LogP contribution in [0.15, 0.2) is 35.1 Å². The minimum absolute atomic E-state index is 0.116. The first-order valence-corrected chi connectivity index (χ1v) is 8.52. The highest BCUT2D eigenvalue weighted by Crippen LogP contribution is 2.30. The van der Waals surface area contributed by atoms with E-state index in [0.717, 1.165) is 6.07 Å². The van der Waals surface area contributed by atoms with E-state index >= 15 is 0 Å². The van der Waals surface area contributed by atoms with E-state index in [4.69, 9.17) is 11.6 Å². The third-order valence-electron chi connectivity index (χ3n) is 4.17. The van der Waals surface area contributed by atoms with Crippen molar-refractivity contribution in [2.45, 2.75) is 19.9 Å². The molecule has 2 aromatic carbocycles. The Morgan fingerprint density at radius 3 is 2.74 bits per heavy atom. The zero-order chi connectivity index (χ0) is 19.7. The monoisotopic (exact) mass is 389 g/mol. The minimum Gasteiger partial charge on any atom is -0.465 e. The molecule has 140 valence electrons. The van der Waals surface area contributed by atoms with Gasteiger partial charge in [-0.15, -0.1) is 0 Å². The number of benzene rings is 2. The van der Waals surface area contributed by atoms with Crippen molar-refractivity contribution in [3.05, 3.63) is 68.5 Å². The number of hydrogen-bond acceptors (Lipinski definition) is 5. The van der Waals surface area contributed by atoms with Gasteiger partial charge in [0.15, 0.2) is 0 Å². The quantitative estimate of drug-likeness (QED) is 0.659. The van der Waals surface area contributed by atoms with Gasteiger partial charge < -0.3 is 15.0 Å². The number of esters is 1. The number of aromatic nitrogens is 2. The van der Waals surface area contributed by atoms with Crippen LogP contribution in [0.25, 0.3) is 10.9 Å². The Bertz CT molecular complexity index is 1100. The van der Waals surface area contributed by atoms with E-state index in [1.165, 1.54) is 19.2 Å². The largest absolute Gasteiger partial charge is 0.465 e. The van der Waals surface area contributed by atoms with E-state index in [2.05, 4.69) is 20.0 Å². The van der Waals surface area contributed by atoms with Crippen LogP contribution < -0.4 is 10.9 Å². The Morgan fingerprint density at radius 2 is 2.07 bits per heavy atom. The van der Waals surface area contributed by atoms with Crippen LogP contribution in [-0.2, 0) is 4.74 Å². The zero-order valence-corrected chi connectivity index (χ0v) is 15.6. The number of aromatic amines is 1. The molecule has 6 nitrogen and oxygen atoms in total. The molecule has 0 bridgehead atoms. The minimum atomic E-state index is -0.618. The van der Waals surface area contributed by atoms with Crippen LogP contribution in [0.5, 0.6) is 0 Å². The number of halogens is 2. The van der Waals surface area contributed by atoms with Gasteiger partial charge in [0, 0.05) is 5.02 Å². The number of nitrogens with one attached hydrogen (secondary N) is 2. The van der Waals surface area contributed by atoms with Gasteiger partial charge in [-0.25, -0.2) is 14.2 Å². The Balaban J connectivity index is 1.94. The lowest BCUT2D eigenvalue weighted by Gasteiger charge is -2.18. The molecule has 3 aromatic rings. The van der Waals surface area contributed by atoms with Gasteiger partial charge in [-0.2, -0.15) is 0 Å². The molecule has 0 aliphatic carbocycles. The van der Waals surface area contributed by atoms with Crippen LogP contribution >= 0.6 is 11.6 Å². The molecule has 3 rings (SSSR count). The van der Waals surface area contributed by atoms with Crippen molar-refractivity contribution < 1.29 is 13.9 Å². The average Bonchev–Trinajstić information content (AvgIpc) is 2.61. The van der Waals surface area contributed by atoms with Crippen LogP contribution in [0.2, 0.25) is 5.02 Å². The summed E-state index contributed by atoms with van der Waals surface area (Å²) in [6.45, 7) is 3.48. The summed E-state index contributed by atoms with van der Waals surface area (Å²) in [5.74, 6) is -0.722. The Labute approximate surface area is 159 Å². The van der Waals surface area contributed by atoms with E-state index in [1.807, 2.05) is 0 Å². The first-order chi connectivity index (χ1) is 12.8. The standard InChI is InChI=1S/C19H17ClFN3O3/c1-9(22-16-5-4-11(6-15(16)21)19(26)27-3)12-7-13-17(8-14(12)20)23-10(2)24-18(13)25/h4-9,22H,1-3H3,(H,23,24,25). The highest BCUT2D eigenvalue weighted by atomic mass is 35.5. The topological polar surface area (TPSA) is 84.1 Å². The smallest absolute Gasteiger partial charge is 0.337 e. The normalized spacial score (nSPS) is 12.0. The Hall–Kier alpha value is -2.93. The van der Waals surface area contributed by atoms with Gasteiger partial charge in [0.25, 0.3) is 5.56 Å². The first-order valence-electron chi connectivity index (χ1n) is 8.14. The number of nitrogens with zero attached hydrogens (tertiary/aromatic N) is 1. The summed E-state index contributed by atoms with van der Waals surface area (Å²) in [7, 11) is 1.23. The second kappa shape index (κ2) is 7.36. The fourth-order valence-corrected chi connectivity index (χ4v) is 3.14. The van der Waals surface area contributed by atoms with E-state index < -0.39 is 17.8 Å². The molecule has 1 unspecified atom stereocenters. The Kier molecular flexibility index (Phi) is 5.14. The summed E-state index contributed by atoms with van der Waals surface area (Å²) in [4.78, 5) is 30.6. The molecule has 0 radical (unpaired) electrons. The summed E-state index contributed by atoms with van der Waals surface area (Å²) in [6, 6.07) is 6.86. The summed E-state index contributed by atoms with van der Waals surface area (Å²) in [6.07, 6.45) is 0. The van der Waals surface area contributed by atoms with Gasteiger partial charge in [0.2, 0.25) is 0 Å². The van der Waals surface area contributed by atoms with Crippen molar-refractivity contribution in [3.63, 3.8) is 0 Å². The number of H-pyrrole nitrogens is 1. The molecule has 0 aliphatic heterocycles. The van der Waals surface area contributed by atoms with Crippen molar-refractivity contribution in [1.82, 2.24) is 9.97 Å². The molecule has 0 spiro atoms. The van der Waals surface area contributed by atoms with Crippen molar-refractivity contribution in [3.8, 4) is 0 Å². The third kappa shape index (κ3) is 3.78. The number of methoxy groups -OCH3 is 1. The van der Waals surface area contributed by atoms with Gasteiger partial charge in [-0.3, -0.25) is 4.79 Å². The summed E-state index contributed by atoms with van der Waals surface area (Å²) >= 11 is 6.35. The predicted octanol–water partition coefficient (Wildman–Crippen LogP) is 3.98. The van der Waals surface area contributed by atoms with Crippen molar-refractivity contribution in [2.24, 2.45) is 0 Å². The predicted molar refractivity (Wildman–Crippen MR) is 102 cm³/mol. The number of fused-ring (bicyclic) bond motifs is 1. The average molecular weight is 390 g/mol. The van der Waals surface area contributed by atoms with Crippen LogP contribution in [0.3, 0.4) is 0 Å². The second-order valence-electron chi connectivity index (χ2n) is 6.09. The van der Waals surface area contributed by atoms with Gasteiger partial charge in [-0.1, -0.05) is 11.6 Å². The first kappa shape index (κ1) is 18.8. The highest BCUT2D eigenvalue weighted by Gasteiger charge is 2.16. The van der Waals surface area contributed by atoms with Gasteiger partial charge in [0.1, 0.15) is 11.6 Å². The highest BCUT2D eigenvalue weighted by molar-refractivity contribution is 6.32. The molecule has 1 heterocycles. The summed E-state index contributed by atoms with van der Waals surface area (Å²) in [5, 5.41) is 3.81. The van der Waals surface area contributed by atoms with Gasteiger partial charge in [0.05, 0.1) is 35.3 Å². The molecule has 0 fully saturated rings. The number of carbonyl (C=O) groups excluding carboxylic acids is 1. The second-order valence-corrected chi connectivity index (χ2v) is 6.50. The van der Waals surface area contributed by atoms with E-state index in [9.17, 15) is 14.0 Å². The number of anilines is 1. The number of aryl methyl sites for hydroxylation is 1. The molecule has 2 N–H and O–H groups in total. The van der Waals surface area contributed by atoms with E-state index in [1.54, 1.807) is 26.0 Å². The SMILES string of the molecule is COC(=O)c1ccc(NC(C)c2cc3c(=O)[nH]c(C)nc3cc2Cl)c(F)c1.